The molecule has 1 saturated carbocycles. The lowest BCUT2D eigenvalue weighted by Gasteiger charge is -2.09. The second-order valence-electron chi connectivity index (χ2n) is 4.49. The molecule has 1 aliphatic carbocycles. The summed E-state index contributed by atoms with van der Waals surface area (Å²) in [6.45, 7) is 3.94. The summed E-state index contributed by atoms with van der Waals surface area (Å²) in [4.78, 5) is 8.63. The van der Waals surface area contributed by atoms with E-state index in [1.54, 1.807) is 0 Å². The third-order valence-electron chi connectivity index (χ3n) is 2.91. The molecule has 1 fully saturated rings. The first-order valence-corrected chi connectivity index (χ1v) is 6.48. The topological polar surface area (TPSA) is 85.1 Å². The quantitative estimate of drug-likeness (QED) is 0.480. The summed E-state index contributed by atoms with van der Waals surface area (Å²) in [5, 5.41) is 3.31. The second kappa shape index (κ2) is 6.51. The average Bonchev–Trinajstić information content (AvgIpc) is 3.20. The van der Waals surface area contributed by atoms with Crippen molar-refractivity contribution in [2.75, 3.05) is 23.9 Å². The highest BCUT2D eigenvalue weighted by Crippen LogP contribution is 2.32. The van der Waals surface area contributed by atoms with Crippen molar-refractivity contribution < 1.29 is 4.74 Å². The lowest BCUT2D eigenvalue weighted by Crippen LogP contribution is -2.13. The molecule has 2 rings (SSSR count). The first kappa shape index (κ1) is 13.0. The van der Waals surface area contributed by atoms with E-state index in [0.29, 0.717) is 24.9 Å². The summed E-state index contributed by atoms with van der Waals surface area (Å²) in [5.41, 5.74) is 2.55. The highest BCUT2D eigenvalue weighted by molar-refractivity contribution is 5.46. The van der Waals surface area contributed by atoms with Gasteiger partial charge in [-0.05, 0) is 19.3 Å². The van der Waals surface area contributed by atoms with Crippen LogP contribution in [0, 0.1) is 5.92 Å². The van der Waals surface area contributed by atoms with Crippen molar-refractivity contribution in [2.45, 2.75) is 32.8 Å². The Labute approximate surface area is 107 Å². The molecule has 4 N–H and O–H groups in total. The molecule has 0 amide bonds. The van der Waals surface area contributed by atoms with Crippen LogP contribution >= 0.6 is 0 Å². The van der Waals surface area contributed by atoms with Gasteiger partial charge in [0.2, 0.25) is 0 Å². The summed E-state index contributed by atoms with van der Waals surface area (Å²) in [6.07, 6.45) is 3.95. The van der Waals surface area contributed by atoms with Gasteiger partial charge in [0.15, 0.2) is 5.82 Å². The van der Waals surface area contributed by atoms with Gasteiger partial charge in [0.05, 0.1) is 0 Å². The van der Waals surface area contributed by atoms with Gasteiger partial charge in [-0.1, -0.05) is 12.8 Å². The Morgan fingerprint density at radius 3 is 2.83 bits per heavy atom. The van der Waals surface area contributed by atoms with Gasteiger partial charge >= 0.3 is 0 Å². The third-order valence-corrected chi connectivity index (χ3v) is 2.91. The van der Waals surface area contributed by atoms with Crippen LogP contribution in [0.4, 0.5) is 11.6 Å². The molecule has 6 heteroatoms. The molecule has 0 atom stereocenters. The van der Waals surface area contributed by atoms with Crippen LogP contribution in [0.3, 0.4) is 0 Å². The summed E-state index contributed by atoms with van der Waals surface area (Å²) in [7, 11) is 0. The van der Waals surface area contributed by atoms with Crippen LogP contribution in [0.2, 0.25) is 0 Å². The Bertz CT molecular complexity index is 381. The van der Waals surface area contributed by atoms with E-state index >= 15 is 0 Å². The van der Waals surface area contributed by atoms with E-state index in [-0.39, 0.29) is 0 Å². The van der Waals surface area contributed by atoms with Crippen LogP contribution < -0.4 is 16.6 Å². The molecule has 6 nitrogen and oxygen atoms in total. The van der Waals surface area contributed by atoms with E-state index in [4.69, 9.17) is 10.6 Å². The number of ether oxygens (including phenoxy) is 1. The number of nitrogens with one attached hydrogen (secondary N) is 2. The first-order chi connectivity index (χ1) is 8.81. The molecule has 100 valence electrons. The number of nitrogen functional groups attached to an aromatic ring is 1. The average molecular weight is 251 g/mol. The fourth-order valence-electron chi connectivity index (χ4n) is 1.73. The van der Waals surface area contributed by atoms with Gasteiger partial charge in [-0.15, -0.1) is 0 Å². The van der Waals surface area contributed by atoms with Gasteiger partial charge < -0.3 is 15.5 Å². The zero-order valence-corrected chi connectivity index (χ0v) is 10.8. The van der Waals surface area contributed by atoms with Gasteiger partial charge in [-0.3, -0.25) is 0 Å². The number of hydrogen-bond acceptors (Lipinski definition) is 6. The van der Waals surface area contributed by atoms with Gasteiger partial charge in [0, 0.05) is 19.2 Å². The van der Waals surface area contributed by atoms with Crippen LogP contribution in [0.1, 0.15) is 32.0 Å². The van der Waals surface area contributed by atoms with Crippen LogP contribution in [0.25, 0.3) is 0 Å². The molecular weight excluding hydrogens is 230 g/mol. The minimum atomic E-state index is 0.406. The molecule has 18 heavy (non-hydrogen) atoms. The van der Waals surface area contributed by atoms with Crippen molar-refractivity contribution in [3.05, 3.63) is 11.9 Å². The van der Waals surface area contributed by atoms with Gasteiger partial charge in [0.25, 0.3) is 0 Å². The highest BCUT2D eigenvalue weighted by atomic mass is 16.5. The molecule has 1 aromatic heterocycles. The Balaban J connectivity index is 1.92. The van der Waals surface area contributed by atoms with E-state index < -0.39 is 0 Å². The predicted molar refractivity (Wildman–Crippen MR) is 71.0 cm³/mol. The predicted octanol–water partition coefficient (Wildman–Crippen LogP) is 1.51. The maximum atomic E-state index is 5.39. The van der Waals surface area contributed by atoms with E-state index in [9.17, 15) is 0 Å². The van der Waals surface area contributed by atoms with Crippen LogP contribution in [0.15, 0.2) is 6.07 Å². The Morgan fingerprint density at radius 2 is 2.17 bits per heavy atom. The summed E-state index contributed by atoms with van der Waals surface area (Å²) in [5.74, 6) is 8.35. The molecule has 1 aliphatic rings. The SMILES string of the molecule is CCOCc1nc(NN)cc(NCCC2CC2)n1. The van der Waals surface area contributed by atoms with Crippen molar-refractivity contribution in [1.82, 2.24) is 9.97 Å². The minimum absolute atomic E-state index is 0.406. The maximum absolute atomic E-state index is 5.39. The molecule has 1 aromatic rings. The number of rotatable bonds is 8. The summed E-state index contributed by atoms with van der Waals surface area (Å²) in [6, 6.07) is 1.81. The normalized spacial score (nSPS) is 14.6. The lowest BCUT2D eigenvalue weighted by molar-refractivity contribution is 0.128. The number of anilines is 2. The summed E-state index contributed by atoms with van der Waals surface area (Å²) < 4.78 is 5.31. The minimum Gasteiger partial charge on any atom is -0.374 e. The van der Waals surface area contributed by atoms with Crippen LogP contribution in [-0.4, -0.2) is 23.1 Å². The third kappa shape index (κ3) is 4.12. The van der Waals surface area contributed by atoms with E-state index in [1.807, 2.05) is 13.0 Å². The second-order valence-corrected chi connectivity index (χ2v) is 4.49. The lowest BCUT2D eigenvalue weighted by atomic mass is 10.3. The molecule has 0 aromatic carbocycles. The maximum Gasteiger partial charge on any atom is 0.158 e. The monoisotopic (exact) mass is 251 g/mol. The molecule has 0 bridgehead atoms. The molecule has 0 aliphatic heterocycles. The molecular formula is C12H21N5O. The van der Waals surface area contributed by atoms with Crippen molar-refractivity contribution in [3.63, 3.8) is 0 Å². The molecule has 0 radical (unpaired) electrons. The molecule has 0 saturated heterocycles. The highest BCUT2D eigenvalue weighted by Gasteiger charge is 2.20. The smallest absolute Gasteiger partial charge is 0.158 e. The molecule has 0 spiro atoms. The van der Waals surface area contributed by atoms with Crippen molar-refractivity contribution >= 4 is 11.6 Å². The number of nitrogens with two attached hydrogens (primary N) is 1. The fraction of sp³-hybridized carbons (Fsp3) is 0.667. The van der Waals surface area contributed by atoms with Gasteiger partial charge in [-0.25, -0.2) is 15.8 Å². The Kier molecular flexibility index (Phi) is 4.72. The molecule has 0 unspecified atom stereocenters. The van der Waals surface area contributed by atoms with Gasteiger partial charge in [0.1, 0.15) is 18.2 Å². The standard InChI is InChI=1S/C12H21N5O/c1-2-18-8-12-15-10(7-11(16-12)17-13)14-6-5-9-3-4-9/h7,9H,2-6,8,13H2,1H3,(H2,14,15,16,17). The van der Waals surface area contributed by atoms with Crippen molar-refractivity contribution in [1.29, 1.82) is 0 Å². The first-order valence-electron chi connectivity index (χ1n) is 6.48. The van der Waals surface area contributed by atoms with Gasteiger partial charge in [-0.2, -0.15) is 0 Å². The number of hydrogen-bond donors (Lipinski definition) is 3. The number of hydrazine groups is 1. The fourth-order valence-corrected chi connectivity index (χ4v) is 1.73. The largest absolute Gasteiger partial charge is 0.374 e. The Morgan fingerprint density at radius 1 is 1.39 bits per heavy atom. The number of aromatic nitrogens is 2. The van der Waals surface area contributed by atoms with Crippen molar-refractivity contribution in [2.24, 2.45) is 11.8 Å². The van der Waals surface area contributed by atoms with E-state index in [2.05, 4.69) is 20.7 Å². The van der Waals surface area contributed by atoms with Crippen molar-refractivity contribution in [3.8, 4) is 0 Å². The zero-order valence-electron chi connectivity index (χ0n) is 10.8. The number of nitrogens with zero attached hydrogens (tertiary/aromatic N) is 2. The van der Waals surface area contributed by atoms with Crippen LogP contribution in [-0.2, 0) is 11.3 Å². The van der Waals surface area contributed by atoms with E-state index in [1.165, 1.54) is 19.3 Å². The summed E-state index contributed by atoms with van der Waals surface area (Å²) >= 11 is 0. The van der Waals surface area contributed by atoms with E-state index in [0.717, 1.165) is 18.3 Å². The Hall–Kier alpha value is -1.40. The van der Waals surface area contributed by atoms with Crippen LogP contribution in [0.5, 0.6) is 0 Å². The zero-order chi connectivity index (χ0) is 12.8. The molecule has 1 heterocycles.